The van der Waals surface area contributed by atoms with Crippen LogP contribution in [0.4, 0.5) is 11.5 Å². The quantitative estimate of drug-likeness (QED) is 0.453. The number of ether oxygens (including phenoxy) is 1. The zero-order valence-electron chi connectivity index (χ0n) is 20.5. The molecular weight excluding hydrogens is 466 g/mol. The minimum absolute atomic E-state index is 0.136. The number of aromatic nitrogens is 2. The van der Waals surface area contributed by atoms with Crippen LogP contribution in [0.25, 0.3) is 0 Å². The predicted molar refractivity (Wildman–Crippen MR) is 135 cm³/mol. The van der Waals surface area contributed by atoms with Crippen LogP contribution in [-0.4, -0.2) is 57.1 Å². The molecule has 0 unspecified atom stereocenters. The number of carbonyl (C=O) groups excluding carboxylic acids is 1. The number of amides is 1. The van der Waals surface area contributed by atoms with Gasteiger partial charge in [0, 0.05) is 38.0 Å². The summed E-state index contributed by atoms with van der Waals surface area (Å²) in [5.74, 6) is 1.18. The van der Waals surface area contributed by atoms with Crippen molar-refractivity contribution in [3.63, 3.8) is 0 Å². The summed E-state index contributed by atoms with van der Waals surface area (Å²) in [6.07, 6.45) is 10.0. The fourth-order valence-electron chi connectivity index (χ4n) is 4.52. The number of sulfonamides is 1. The summed E-state index contributed by atoms with van der Waals surface area (Å²) >= 11 is 0. The number of hydrogen-bond acceptors (Lipinski definition) is 7. The van der Waals surface area contributed by atoms with Crippen LogP contribution in [-0.2, 0) is 14.8 Å². The molecule has 0 saturated heterocycles. The van der Waals surface area contributed by atoms with Crippen molar-refractivity contribution in [2.24, 2.45) is 5.92 Å². The molecule has 2 saturated carbocycles. The van der Waals surface area contributed by atoms with Crippen LogP contribution in [0.15, 0.2) is 35.5 Å². The Labute approximate surface area is 207 Å². The van der Waals surface area contributed by atoms with Crippen LogP contribution in [0.1, 0.15) is 61.0 Å². The minimum atomic E-state index is -3.65. The highest BCUT2D eigenvalue weighted by molar-refractivity contribution is 7.89. The SMILES string of the molecule is COCCNS(=O)(=O)c1ccc(NC(=O)c2cc(N(CC3CC3)C3CCCCC3)ncn2)c(C)c1. The number of rotatable bonds is 11. The van der Waals surface area contributed by atoms with Crippen molar-refractivity contribution in [3.05, 3.63) is 41.9 Å². The Balaban J connectivity index is 1.47. The van der Waals surface area contributed by atoms with Crippen molar-refractivity contribution < 1.29 is 17.9 Å². The van der Waals surface area contributed by atoms with Gasteiger partial charge in [0.25, 0.3) is 5.91 Å². The van der Waals surface area contributed by atoms with Crippen LogP contribution in [0, 0.1) is 12.8 Å². The van der Waals surface area contributed by atoms with Gasteiger partial charge in [-0.15, -0.1) is 0 Å². The average Bonchev–Trinajstić information content (AvgIpc) is 3.69. The maximum Gasteiger partial charge on any atom is 0.274 e. The van der Waals surface area contributed by atoms with E-state index in [1.807, 2.05) is 0 Å². The van der Waals surface area contributed by atoms with Crippen molar-refractivity contribution in [3.8, 4) is 0 Å². The molecule has 35 heavy (non-hydrogen) atoms. The smallest absolute Gasteiger partial charge is 0.274 e. The van der Waals surface area contributed by atoms with Gasteiger partial charge in [-0.25, -0.2) is 23.1 Å². The molecule has 2 N–H and O–H groups in total. The molecule has 1 amide bonds. The fraction of sp³-hybridized carbons (Fsp3) is 0.560. The summed E-state index contributed by atoms with van der Waals surface area (Å²) in [6.45, 7) is 3.21. The van der Waals surface area contributed by atoms with E-state index in [-0.39, 0.29) is 24.0 Å². The number of anilines is 2. The topological polar surface area (TPSA) is 114 Å². The standard InChI is InChI=1S/C25H35N5O4S/c1-18-14-21(35(32,33)28-12-13-34-2)10-11-22(18)29-25(31)23-15-24(27-17-26-23)30(16-19-8-9-19)20-6-4-3-5-7-20/h10-11,14-15,17,19-20,28H,3-9,12-13,16H2,1-2H3,(H,29,31). The zero-order valence-corrected chi connectivity index (χ0v) is 21.3. The number of hydrogen-bond donors (Lipinski definition) is 2. The molecule has 1 aromatic heterocycles. The lowest BCUT2D eigenvalue weighted by atomic mass is 9.94. The van der Waals surface area contributed by atoms with E-state index in [0.717, 1.165) is 25.2 Å². The van der Waals surface area contributed by atoms with Crippen LogP contribution in [0.2, 0.25) is 0 Å². The van der Waals surface area contributed by atoms with Gasteiger partial charge in [0.1, 0.15) is 17.8 Å². The maximum atomic E-state index is 13.0. The van der Waals surface area contributed by atoms with E-state index in [1.54, 1.807) is 19.1 Å². The van der Waals surface area contributed by atoms with Gasteiger partial charge in [-0.3, -0.25) is 4.79 Å². The van der Waals surface area contributed by atoms with Crippen molar-refractivity contribution in [1.29, 1.82) is 0 Å². The summed E-state index contributed by atoms with van der Waals surface area (Å²) in [7, 11) is -2.14. The van der Waals surface area contributed by atoms with Gasteiger partial charge >= 0.3 is 0 Å². The van der Waals surface area contributed by atoms with E-state index in [2.05, 4.69) is 24.9 Å². The van der Waals surface area contributed by atoms with E-state index >= 15 is 0 Å². The van der Waals surface area contributed by atoms with Crippen molar-refractivity contribution >= 4 is 27.4 Å². The minimum Gasteiger partial charge on any atom is -0.383 e. The molecule has 190 valence electrons. The molecule has 9 nitrogen and oxygen atoms in total. The molecule has 0 bridgehead atoms. The number of nitrogens with zero attached hydrogens (tertiary/aromatic N) is 3. The van der Waals surface area contributed by atoms with Gasteiger partial charge < -0.3 is 15.0 Å². The Morgan fingerprint density at radius 1 is 1.11 bits per heavy atom. The highest BCUT2D eigenvalue weighted by Gasteiger charge is 2.30. The predicted octanol–water partition coefficient (Wildman–Crippen LogP) is 3.51. The third kappa shape index (κ3) is 6.77. The normalized spacial score (nSPS) is 16.7. The molecule has 0 radical (unpaired) electrons. The van der Waals surface area contributed by atoms with Crippen molar-refractivity contribution in [1.82, 2.24) is 14.7 Å². The molecule has 1 aromatic carbocycles. The molecule has 2 aromatic rings. The number of aryl methyl sites for hydroxylation is 1. The molecular formula is C25H35N5O4S. The highest BCUT2D eigenvalue weighted by Crippen LogP contribution is 2.34. The first kappa shape index (κ1) is 25.5. The molecule has 2 aliphatic rings. The van der Waals surface area contributed by atoms with Crippen molar-refractivity contribution in [2.75, 3.05) is 37.0 Å². The van der Waals surface area contributed by atoms with Gasteiger partial charge in [-0.1, -0.05) is 19.3 Å². The van der Waals surface area contributed by atoms with Crippen molar-refractivity contribution in [2.45, 2.75) is 62.8 Å². The molecule has 1 heterocycles. The zero-order chi connectivity index (χ0) is 24.8. The van der Waals surface area contributed by atoms with Crippen LogP contribution >= 0.6 is 0 Å². The second-order valence-corrected chi connectivity index (χ2v) is 11.2. The monoisotopic (exact) mass is 501 g/mol. The molecule has 2 aliphatic carbocycles. The molecule has 4 rings (SSSR count). The second kappa shape index (κ2) is 11.5. The lowest BCUT2D eigenvalue weighted by Crippen LogP contribution is -2.39. The Morgan fingerprint density at radius 2 is 1.89 bits per heavy atom. The summed E-state index contributed by atoms with van der Waals surface area (Å²) < 4.78 is 32.3. The van der Waals surface area contributed by atoms with Gasteiger partial charge in [-0.05, 0) is 62.3 Å². The van der Waals surface area contributed by atoms with E-state index in [9.17, 15) is 13.2 Å². The molecule has 0 spiro atoms. The second-order valence-electron chi connectivity index (χ2n) is 9.47. The Bertz CT molecular complexity index is 1130. The summed E-state index contributed by atoms with van der Waals surface area (Å²) in [6, 6.07) is 6.85. The highest BCUT2D eigenvalue weighted by atomic mass is 32.2. The number of methoxy groups -OCH3 is 1. The van der Waals surface area contributed by atoms with Gasteiger partial charge in [0.05, 0.1) is 11.5 Å². The van der Waals surface area contributed by atoms with Gasteiger partial charge in [0.15, 0.2) is 0 Å². The number of benzene rings is 1. The lowest BCUT2D eigenvalue weighted by Gasteiger charge is -2.35. The third-order valence-electron chi connectivity index (χ3n) is 6.70. The third-order valence-corrected chi connectivity index (χ3v) is 8.16. The Morgan fingerprint density at radius 3 is 2.57 bits per heavy atom. The summed E-state index contributed by atoms with van der Waals surface area (Å²) in [5, 5.41) is 2.87. The number of carbonyl (C=O) groups is 1. The largest absolute Gasteiger partial charge is 0.383 e. The summed E-state index contributed by atoms with van der Waals surface area (Å²) in [4.78, 5) is 24.3. The maximum absolute atomic E-state index is 13.0. The van der Waals surface area contributed by atoms with E-state index in [1.165, 1.54) is 57.7 Å². The first-order chi connectivity index (χ1) is 16.9. The molecule has 10 heteroatoms. The molecule has 0 atom stereocenters. The summed E-state index contributed by atoms with van der Waals surface area (Å²) in [5.41, 5.74) is 1.47. The van der Waals surface area contributed by atoms with E-state index in [4.69, 9.17) is 4.74 Å². The van der Waals surface area contributed by atoms with Gasteiger partial charge in [-0.2, -0.15) is 0 Å². The Kier molecular flexibility index (Phi) is 8.35. The molecule has 0 aliphatic heterocycles. The van der Waals surface area contributed by atoms with E-state index in [0.29, 0.717) is 28.9 Å². The van der Waals surface area contributed by atoms with Crippen LogP contribution in [0.5, 0.6) is 0 Å². The van der Waals surface area contributed by atoms with Crippen LogP contribution in [0.3, 0.4) is 0 Å². The fourth-order valence-corrected chi connectivity index (χ4v) is 5.62. The van der Waals surface area contributed by atoms with Gasteiger partial charge in [0.2, 0.25) is 10.0 Å². The first-order valence-electron chi connectivity index (χ1n) is 12.4. The number of nitrogens with one attached hydrogen (secondary N) is 2. The van der Waals surface area contributed by atoms with E-state index < -0.39 is 10.0 Å². The lowest BCUT2D eigenvalue weighted by molar-refractivity contribution is 0.102. The Hall–Kier alpha value is -2.56. The van der Waals surface area contributed by atoms with Crippen LogP contribution < -0.4 is 14.9 Å². The average molecular weight is 502 g/mol. The molecule has 2 fully saturated rings. The first-order valence-corrected chi connectivity index (χ1v) is 13.8.